The number of hydrogen-bond donors (Lipinski definition) is 1. The summed E-state index contributed by atoms with van der Waals surface area (Å²) in [6, 6.07) is 12.5. The van der Waals surface area contributed by atoms with Crippen LogP contribution < -0.4 is 5.32 Å². The van der Waals surface area contributed by atoms with Crippen molar-refractivity contribution in [3.8, 4) is 0 Å². The highest BCUT2D eigenvalue weighted by molar-refractivity contribution is 9.10. The zero-order chi connectivity index (χ0) is 14.7. The predicted octanol–water partition coefficient (Wildman–Crippen LogP) is 4.64. The summed E-state index contributed by atoms with van der Waals surface area (Å²) in [4.78, 5) is 12.2. The van der Waals surface area contributed by atoms with Crippen LogP contribution in [0.3, 0.4) is 0 Å². The molecule has 0 saturated heterocycles. The third-order valence-corrected chi connectivity index (χ3v) is 3.83. The van der Waals surface area contributed by atoms with Gasteiger partial charge in [-0.1, -0.05) is 30.3 Å². The number of anilines is 1. The molecule has 0 saturated carbocycles. The lowest BCUT2D eigenvalue weighted by molar-refractivity contribution is -0.117. The minimum absolute atomic E-state index is 0.152. The number of carbonyl (C=O) groups excluding carboxylic acids is 1. The van der Waals surface area contributed by atoms with Gasteiger partial charge in [-0.2, -0.15) is 0 Å². The van der Waals surface area contributed by atoms with Gasteiger partial charge in [-0.25, -0.2) is 4.39 Å². The summed E-state index contributed by atoms with van der Waals surface area (Å²) < 4.78 is 13.9. The van der Waals surface area contributed by atoms with Crippen LogP contribution in [0.5, 0.6) is 0 Å². The fourth-order valence-electron chi connectivity index (χ4n) is 1.92. The number of aryl methyl sites for hydroxylation is 1. The highest BCUT2D eigenvalue weighted by Crippen LogP contribution is 2.25. The molecule has 0 aromatic heterocycles. The number of rotatable bonds is 3. The molecule has 104 valence electrons. The summed E-state index contributed by atoms with van der Waals surface area (Å²) in [5, 5.41) is 2.78. The molecule has 2 nitrogen and oxygen atoms in total. The molecule has 0 aliphatic carbocycles. The topological polar surface area (TPSA) is 29.1 Å². The number of carbonyl (C=O) groups is 1. The molecule has 2 aromatic rings. The molecule has 2 aromatic carbocycles. The molecular weight excluding hydrogens is 321 g/mol. The molecule has 20 heavy (non-hydrogen) atoms. The van der Waals surface area contributed by atoms with E-state index in [1.807, 2.05) is 44.2 Å². The summed E-state index contributed by atoms with van der Waals surface area (Å²) in [6.45, 7) is 3.65. The maximum absolute atomic E-state index is 13.5. The van der Waals surface area contributed by atoms with Gasteiger partial charge in [0.1, 0.15) is 5.82 Å². The molecule has 2 rings (SSSR count). The maximum atomic E-state index is 13.5. The van der Waals surface area contributed by atoms with E-state index >= 15 is 0 Å². The van der Waals surface area contributed by atoms with E-state index in [2.05, 4.69) is 21.2 Å². The molecule has 1 unspecified atom stereocenters. The van der Waals surface area contributed by atoms with Crippen molar-refractivity contribution in [1.82, 2.24) is 0 Å². The van der Waals surface area contributed by atoms with Crippen LogP contribution in [0.15, 0.2) is 46.9 Å². The van der Waals surface area contributed by atoms with Crippen LogP contribution in [0.4, 0.5) is 10.1 Å². The quantitative estimate of drug-likeness (QED) is 0.869. The third kappa shape index (κ3) is 3.25. The second-order valence-corrected chi connectivity index (χ2v) is 5.56. The van der Waals surface area contributed by atoms with Crippen molar-refractivity contribution in [3.05, 3.63) is 63.9 Å². The number of amides is 1. The first-order valence-electron chi connectivity index (χ1n) is 6.30. The monoisotopic (exact) mass is 335 g/mol. The van der Waals surface area contributed by atoms with E-state index in [9.17, 15) is 9.18 Å². The van der Waals surface area contributed by atoms with Crippen LogP contribution in [-0.4, -0.2) is 5.91 Å². The lowest BCUT2D eigenvalue weighted by Gasteiger charge is -2.14. The van der Waals surface area contributed by atoms with Gasteiger partial charge < -0.3 is 5.32 Å². The first kappa shape index (κ1) is 14.7. The Balaban J connectivity index is 2.18. The van der Waals surface area contributed by atoms with Crippen molar-refractivity contribution >= 4 is 27.5 Å². The van der Waals surface area contributed by atoms with E-state index in [0.717, 1.165) is 11.1 Å². The van der Waals surface area contributed by atoms with Gasteiger partial charge in [0.2, 0.25) is 5.91 Å². The van der Waals surface area contributed by atoms with Crippen LogP contribution in [0, 0.1) is 12.7 Å². The van der Waals surface area contributed by atoms with E-state index < -0.39 is 5.82 Å². The lowest BCUT2D eigenvalue weighted by atomic mass is 10.0. The summed E-state index contributed by atoms with van der Waals surface area (Å²) >= 11 is 3.12. The van der Waals surface area contributed by atoms with Gasteiger partial charge in [0.15, 0.2) is 0 Å². The number of halogens is 2. The summed E-state index contributed by atoms with van der Waals surface area (Å²) in [7, 11) is 0. The summed E-state index contributed by atoms with van der Waals surface area (Å²) in [6.07, 6.45) is 0. The van der Waals surface area contributed by atoms with Crippen molar-refractivity contribution in [2.75, 3.05) is 5.32 Å². The van der Waals surface area contributed by atoms with Crippen LogP contribution in [0.25, 0.3) is 0 Å². The van der Waals surface area contributed by atoms with Crippen LogP contribution in [0.2, 0.25) is 0 Å². The van der Waals surface area contributed by atoms with Crippen LogP contribution in [-0.2, 0) is 4.79 Å². The van der Waals surface area contributed by atoms with Crippen LogP contribution in [0.1, 0.15) is 24.0 Å². The molecule has 0 fully saturated rings. The lowest BCUT2D eigenvalue weighted by Crippen LogP contribution is -2.19. The first-order valence-corrected chi connectivity index (χ1v) is 7.10. The smallest absolute Gasteiger partial charge is 0.231 e. The van der Waals surface area contributed by atoms with Crippen LogP contribution >= 0.6 is 15.9 Å². The molecule has 0 radical (unpaired) electrons. The molecule has 0 heterocycles. The molecule has 0 aliphatic rings. The largest absolute Gasteiger partial charge is 0.325 e. The van der Waals surface area contributed by atoms with Gasteiger partial charge in [-0.3, -0.25) is 4.79 Å². The van der Waals surface area contributed by atoms with Crippen molar-refractivity contribution in [2.45, 2.75) is 19.8 Å². The molecule has 1 N–H and O–H groups in total. The van der Waals surface area contributed by atoms with Crippen molar-refractivity contribution in [3.63, 3.8) is 0 Å². The Hall–Kier alpha value is -1.68. The van der Waals surface area contributed by atoms with Crippen molar-refractivity contribution in [1.29, 1.82) is 0 Å². The molecule has 0 bridgehead atoms. The van der Waals surface area contributed by atoms with Gasteiger partial charge >= 0.3 is 0 Å². The zero-order valence-corrected chi connectivity index (χ0v) is 12.9. The van der Waals surface area contributed by atoms with E-state index in [4.69, 9.17) is 0 Å². The Morgan fingerprint density at radius 1 is 1.25 bits per heavy atom. The Morgan fingerprint density at radius 2 is 1.90 bits per heavy atom. The average molecular weight is 336 g/mol. The fourth-order valence-corrected chi connectivity index (χ4v) is 2.37. The normalized spacial score (nSPS) is 12.0. The molecule has 1 atom stereocenters. The zero-order valence-electron chi connectivity index (χ0n) is 11.3. The molecule has 1 amide bonds. The Morgan fingerprint density at radius 3 is 2.55 bits per heavy atom. The van der Waals surface area contributed by atoms with E-state index in [-0.39, 0.29) is 11.8 Å². The Bertz CT molecular complexity index is 628. The second-order valence-electron chi connectivity index (χ2n) is 4.70. The van der Waals surface area contributed by atoms with E-state index in [1.165, 1.54) is 6.07 Å². The minimum Gasteiger partial charge on any atom is -0.325 e. The van der Waals surface area contributed by atoms with Crippen molar-refractivity contribution in [2.24, 2.45) is 0 Å². The van der Waals surface area contributed by atoms with Gasteiger partial charge in [0.05, 0.1) is 10.4 Å². The minimum atomic E-state index is -0.390. The van der Waals surface area contributed by atoms with E-state index in [1.54, 1.807) is 6.07 Å². The van der Waals surface area contributed by atoms with Gasteiger partial charge in [0, 0.05) is 5.69 Å². The molecule has 4 heteroatoms. The highest BCUT2D eigenvalue weighted by Gasteiger charge is 2.16. The van der Waals surface area contributed by atoms with E-state index in [0.29, 0.717) is 10.2 Å². The maximum Gasteiger partial charge on any atom is 0.231 e. The Labute approximate surface area is 126 Å². The number of benzene rings is 2. The van der Waals surface area contributed by atoms with Gasteiger partial charge in [0.25, 0.3) is 0 Å². The Kier molecular flexibility index (Phi) is 4.55. The summed E-state index contributed by atoms with van der Waals surface area (Å²) in [5.74, 6) is -0.832. The fraction of sp³-hybridized carbons (Fsp3) is 0.188. The first-order chi connectivity index (χ1) is 9.49. The second kappa shape index (κ2) is 6.18. The average Bonchev–Trinajstić information content (AvgIpc) is 2.44. The standard InChI is InChI=1S/C16H15BrFNO/c1-10-8-13(17)14(18)9-15(10)19-16(20)11(2)12-6-4-3-5-7-12/h3-9,11H,1-2H3,(H,19,20). The SMILES string of the molecule is Cc1cc(Br)c(F)cc1NC(=O)C(C)c1ccccc1. The van der Waals surface area contributed by atoms with Crippen molar-refractivity contribution < 1.29 is 9.18 Å². The van der Waals surface area contributed by atoms with Gasteiger partial charge in [-0.15, -0.1) is 0 Å². The molecular formula is C16H15BrFNO. The highest BCUT2D eigenvalue weighted by atomic mass is 79.9. The number of hydrogen-bond acceptors (Lipinski definition) is 1. The predicted molar refractivity (Wildman–Crippen MR) is 82.3 cm³/mol. The third-order valence-electron chi connectivity index (χ3n) is 3.22. The molecule has 0 spiro atoms. The summed E-state index contributed by atoms with van der Waals surface area (Å²) in [5.41, 5.74) is 2.24. The molecule has 0 aliphatic heterocycles. The number of nitrogens with one attached hydrogen (secondary N) is 1. The van der Waals surface area contributed by atoms with Gasteiger partial charge in [-0.05, 0) is 53.0 Å².